The van der Waals surface area contributed by atoms with Crippen LogP contribution in [0.25, 0.3) is 0 Å². The molecule has 1 N–H and O–H groups in total. The number of nitrogens with one attached hydrogen (secondary N) is 1. The van der Waals surface area contributed by atoms with E-state index in [-0.39, 0.29) is 5.69 Å². The second-order valence-electron chi connectivity index (χ2n) is 1.78. The number of halogens is 1. The minimum Gasteiger partial charge on any atom is -0.242 e. The summed E-state index contributed by atoms with van der Waals surface area (Å²) >= 11 is 5.40. The Morgan fingerprint density at radius 1 is 1.70 bits per heavy atom. The van der Waals surface area contributed by atoms with Crippen molar-refractivity contribution in [3.05, 3.63) is 10.5 Å². The van der Waals surface area contributed by atoms with Crippen LogP contribution in [0, 0.1) is 0 Å². The van der Waals surface area contributed by atoms with Gasteiger partial charge in [0.2, 0.25) is 0 Å². The van der Waals surface area contributed by atoms with Gasteiger partial charge in [0, 0.05) is 12.4 Å². The van der Waals surface area contributed by atoms with E-state index < -0.39 is 0 Å². The maximum atomic E-state index is 10.6. The predicted molar refractivity (Wildman–Crippen MR) is 36.0 cm³/mol. The summed E-state index contributed by atoms with van der Waals surface area (Å²) in [6, 6.07) is 0. The second-order valence-corrected chi connectivity index (χ2v) is 2.15. The molecule has 1 heterocycles. The lowest BCUT2D eigenvalue weighted by molar-refractivity contribution is 0.566. The van der Waals surface area contributed by atoms with Crippen LogP contribution in [0.4, 0.5) is 0 Å². The van der Waals surface area contributed by atoms with Gasteiger partial charge >= 0.3 is 5.69 Å². The van der Waals surface area contributed by atoms with Gasteiger partial charge in [-0.15, -0.1) is 11.6 Å². The molecule has 1 rings (SSSR count). The number of hydrogen-bond acceptors (Lipinski definition) is 3. The number of alkyl halides is 1. The van der Waals surface area contributed by atoms with Crippen LogP contribution < -0.4 is 5.69 Å². The van der Waals surface area contributed by atoms with Gasteiger partial charge in [-0.2, -0.15) is 5.21 Å². The largest absolute Gasteiger partial charge is 0.383 e. The Hall–Kier alpha value is -0.840. The Morgan fingerprint density at radius 2 is 2.50 bits per heavy atom. The Morgan fingerprint density at radius 3 is 3.00 bits per heavy atom. The van der Waals surface area contributed by atoms with Crippen molar-refractivity contribution in [1.29, 1.82) is 0 Å². The summed E-state index contributed by atoms with van der Waals surface area (Å²) in [6.07, 6.45) is 0.741. The first-order valence-corrected chi connectivity index (χ1v) is 3.42. The van der Waals surface area contributed by atoms with Crippen molar-refractivity contribution in [3.63, 3.8) is 0 Å². The highest BCUT2D eigenvalue weighted by atomic mass is 35.5. The van der Waals surface area contributed by atoms with Crippen molar-refractivity contribution in [3.8, 4) is 0 Å². The Kier molecular flexibility index (Phi) is 2.44. The van der Waals surface area contributed by atoms with Crippen molar-refractivity contribution >= 4 is 11.6 Å². The molecule has 0 amide bonds. The molecule has 0 spiro atoms. The summed E-state index contributed by atoms with van der Waals surface area (Å²) in [4.78, 5) is 10.6. The molecule has 0 saturated carbocycles. The molecule has 0 aliphatic heterocycles. The van der Waals surface area contributed by atoms with Gasteiger partial charge in [-0.25, -0.2) is 9.48 Å². The lowest BCUT2D eigenvalue weighted by Crippen LogP contribution is -2.18. The predicted octanol–water partition coefficient (Wildman–Crippen LogP) is -0.405. The van der Waals surface area contributed by atoms with Crippen LogP contribution in [0.15, 0.2) is 4.79 Å². The van der Waals surface area contributed by atoms with Crippen molar-refractivity contribution in [2.45, 2.75) is 13.0 Å². The molecular formula is C4H7ClN4O. The van der Waals surface area contributed by atoms with Gasteiger partial charge < -0.3 is 0 Å². The number of aryl methyl sites for hydroxylation is 1. The first-order valence-electron chi connectivity index (χ1n) is 2.88. The summed E-state index contributed by atoms with van der Waals surface area (Å²) in [7, 11) is 0. The smallest absolute Gasteiger partial charge is 0.242 e. The zero-order chi connectivity index (χ0) is 7.40. The summed E-state index contributed by atoms with van der Waals surface area (Å²) in [6.45, 7) is 0.551. The number of nitrogens with zero attached hydrogens (tertiary/aromatic N) is 3. The normalized spacial score (nSPS) is 10.1. The number of tetrazole rings is 1. The van der Waals surface area contributed by atoms with Crippen molar-refractivity contribution < 1.29 is 0 Å². The highest BCUT2D eigenvalue weighted by molar-refractivity contribution is 6.17. The molecule has 10 heavy (non-hydrogen) atoms. The van der Waals surface area contributed by atoms with Gasteiger partial charge in [0.1, 0.15) is 0 Å². The molecule has 5 nitrogen and oxygen atoms in total. The molecule has 0 saturated heterocycles. The van der Waals surface area contributed by atoms with Crippen molar-refractivity contribution in [2.24, 2.45) is 0 Å². The minimum absolute atomic E-state index is 0.356. The number of rotatable bonds is 3. The second kappa shape index (κ2) is 3.36. The van der Waals surface area contributed by atoms with Crippen LogP contribution in [0.2, 0.25) is 0 Å². The topological polar surface area (TPSA) is 63.6 Å². The van der Waals surface area contributed by atoms with Gasteiger partial charge in [-0.1, -0.05) is 5.10 Å². The molecule has 0 radical (unpaired) electrons. The van der Waals surface area contributed by atoms with Crippen LogP contribution in [0.5, 0.6) is 0 Å². The lowest BCUT2D eigenvalue weighted by Gasteiger charge is -1.93. The maximum Gasteiger partial charge on any atom is 0.383 e. The summed E-state index contributed by atoms with van der Waals surface area (Å²) in [5.41, 5.74) is -0.356. The van der Waals surface area contributed by atoms with Gasteiger partial charge in [-0.05, 0) is 11.6 Å². The SMILES string of the molecule is O=c1nn[nH]n1CCCCl. The molecule has 1 aromatic heterocycles. The molecule has 0 aliphatic rings. The highest BCUT2D eigenvalue weighted by Gasteiger charge is 1.95. The minimum atomic E-state index is -0.356. The van der Waals surface area contributed by atoms with E-state index in [1.807, 2.05) is 0 Å². The number of aromatic amines is 1. The Labute approximate surface area is 62.0 Å². The summed E-state index contributed by atoms with van der Waals surface area (Å²) < 4.78 is 1.31. The zero-order valence-corrected chi connectivity index (χ0v) is 6.01. The lowest BCUT2D eigenvalue weighted by atomic mass is 10.5. The molecule has 0 aliphatic carbocycles. The van der Waals surface area contributed by atoms with Crippen LogP contribution in [-0.4, -0.2) is 26.1 Å². The van der Waals surface area contributed by atoms with Crippen LogP contribution in [-0.2, 0) is 6.54 Å². The van der Waals surface area contributed by atoms with E-state index in [1.54, 1.807) is 0 Å². The molecule has 1 aromatic rings. The van der Waals surface area contributed by atoms with E-state index in [0.717, 1.165) is 6.42 Å². The molecule has 0 atom stereocenters. The fourth-order valence-corrected chi connectivity index (χ4v) is 0.699. The third-order valence-electron chi connectivity index (χ3n) is 1.05. The van der Waals surface area contributed by atoms with Crippen LogP contribution in [0.3, 0.4) is 0 Å². The standard InChI is InChI=1S/C4H7ClN4O/c5-2-1-3-9-4(10)6-7-8-9/h1-3H2,(H,6,8,10). The first kappa shape index (κ1) is 7.27. The van der Waals surface area contributed by atoms with E-state index in [9.17, 15) is 4.79 Å². The molecule has 56 valence electrons. The fourth-order valence-electron chi connectivity index (χ4n) is 0.579. The van der Waals surface area contributed by atoms with E-state index in [4.69, 9.17) is 11.6 Å². The highest BCUT2D eigenvalue weighted by Crippen LogP contribution is 1.84. The average Bonchev–Trinajstić information content (AvgIpc) is 2.31. The summed E-state index contributed by atoms with van der Waals surface area (Å²) in [5, 5.41) is 8.96. The number of aromatic nitrogens is 4. The number of H-pyrrole nitrogens is 1. The first-order chi connectivity index (χ1) is 4.84. The van der Waals surface area contributed by atoms with Gasteiger partial charge in [0.15, 0.2) is 0 Å². The number of hydrogen-bond donors (Lipinski definition) is 1. The van der Waals surface area contributed by atoms with E-state index >= 15 is 0 Å². The summed E-state index contributed by atoms with van der Waals surface area (Å²) in [5.74, 6) is 0.533. The van der Waals surface area contributed by atoms with E-state index in [0.29, 0.717) is 12.4 Å². The Bertz CT molecular complexity index is 241. The molecule has 0 fully saturated rings. The van der Waals surface area contributed by atoms with Gasteiger partial charge in [0.25, 0.3) is 0 Å². The van der Waals surface area contributed by atoms with Gasteiger partial charge in [0.05, 0.1) is 0 Å². The van der Waals surface area contributed by atoms with Crippen molar-refractivity contribution in [2.75, 3.05) is 5.88 Å². The van der Waals surface area contributed by atoms with Gasteiger partial charge in [-0.3, -0.25) is 0 Å². The van der Waals surface area contributed by atoms with E-state index in [2.05, 4.69) is 15.5 Å². The zero-order valence-electron chi connectivity index (χ0n) is 5.25. The monoisotopic (exact) mass is 162 g/mol. The molecular weight excluding hydrogens is 156 g/mol. The van der Waals surface area contributed by atoms with Crippen LogP contribution >= 0.6 is 11.6 Å². The maximum absolute atomic E-state index is 10.6. The van der Waals surface area contributed by atoms with E-state index in [1.165, 1.54) is 4.68 Å². The molecule has 0 aromatic carbocycles. The Balaban J connectivity index is 2.57. The fraction of sp³-hybridized carbons (Fsp3) is 0.750. The van der Waals surface area contributed by atoms with Crippen LogP contribution in [0.1, 0.15) is 6.42 Å². The molecule has 6 heteroatoms. The third kappa shape index (κ3) is 1.57. The third-order valence-corrected chi connectivity index (χ3v) is 1.31. The molecule has 0 unspecified atom stereocenters. The quantitative estimate of drug-likeness (QED) is 0.615. The van der Waals surface area contributed by atoms with Crippen molar-refractivity contribution in [1.82, 2.24) is 20.2 Å². The average molecular weight is 163 g/mol. The molecule has 0 bridgehead atoms.